The summed E-state index contributed by atoms with van der Waals surface area (Å²) in [6, 6.07) is 15.3. The van der Waals surface area contributed by atoms with Gasteiger partial charge < -0.3 is 10.1 Å². The monoisotopic (exact) mass is 402 g/mol. The topological polar surface area (TPSA) is 51.2 Å². The van der Waals surface area contributed by atoms with Gasteiger partial charge >= 0.3 is 0 Å². The zero-order valence-electron chi connectivity index (χ0n) is 13.0. The number of thioether (sulfide) groups is 1. The van der Waals surface area contributed by atoms with E-state index >= 15 is 0 Å². The number of rotatable bonds is 5. The number of carbonyl (C=O) groups is 1. The van der Waals surface area contributed by atoms with Crippen LogP contribution in [-0.4, -0.2) is 23.8 Å². The molecule has 0 saturated heterocycles. The number of anilines is 1. The van der Waals surface area contributed by atoms with Crippen molar-refractivity contribution in [1.82, 2.24) is 4.98 Å². The highest BCUT2D eigenvalue weighted by molar-refractivity contribution is 9.10. The van der Waals surface area contributed by atoms with Crippen molar-refractivity contribution < 1.29 is 9.53 Å². The summed E-state index contributed by atoms with van der Waals surface area (Å²) in [5, 5.41) is 3.96. The number of fused-ring (bicyclic) bond motifs is 1. The summed E-state index contributed by atoms with van der Waals surface area (Å²) in [5.41, 5.74) is 1.65. The van der Waals surface area contributed by atoms with E-state index in [9.17, 15) is 4.79 Å². The molecule has 1 N–H and O–H groups in total. The summed E-state index contributed by atoms with van der Waals surface area (Å²) in [7, 11) is 1.60. The number of ether oxygens (including phenoxy) is 1. The Balaban J connectivity index is 1.66. The maximum Gasteiger partial charge on any atom is 0.234 e. The first-order valence-electron chi connectivity index (χ1n) is 7.27. The minimum atomic E-state index is -0.0648. The Morgan fingerprint density at radius 1 is 1.25 bits per heavy atom. The number of para-hydroxylation sites is 1. The number of methoxy groups -OCH3 is 1. The van der Waals surface area contributed by atoms with Crippen LogP contribution in [0.3, 0.4) is 0 Å². The number of hydrogen-bond donors (Lipinski definition) is 1. The number of halogens is 1. The molecular weight excluding hydrogens is 388 g/mol. The molecule has 1 amide bonds. The molecule has 0 fully saturated rings. The minimum Gasteiger partial charge on any atom is -0.496 e. The van der Waals surface area contributed by atoms with Crippen molar-refractivity contribution in [3.63, 3.8) is 0 Å². The Kier molecular flexibility index (Phi) is 5.37. The number of aromatic nitrogens is 1. The molecular formula is C18H15BrN2O2S. The van der Waals surface area contributed by atoms with Crippen LogP contribution >= 0.6 is 27.7 Å². The molecule has 4 nitrogen and oxygen atoms in total. The Morgan fingerprint density at radius 3 is 2.88 bits per heavy atom. The number of benzene rings is 2. The number of nitrogens with one attached hydrogen (secondary N) is 1. The Labute approximate surface area is 152 Å². The van der Waals surface area contributed by atoms with Crippen LogP contribution in [0.15, 0.2) is 64.1 Å². The molecule has 0 aliphatic heterocycles. The SMILES string of the molecule is COc1ccc(NC(=O)CSc2cccc3cccnc23)cc1Br. The van der Waals surface area contributed by atoms with Crippen molar-refractivity contribution in [2.24, 2.45) is 0 Å². The van der Waals surface area contributed by atoms with Gasteiger partial charge in [0.15, 0.2) is 0 Å². The van der Waals surface area contributed by atoms with Crippen LogP contribution in [0, 0.1) is 0 Å². The average Bonchev–Trinajstić information content (AvgIpc) is 2.60. The second-order valence-corrected chi connectivity index (χ2v) is 6.89. The molecule has 2 aromatic carbocycles. The Morgan fingerprint density at radius 2 is 2.08 bits per heavy atom. The third-order valence-electron chi connectivity index (χ3n) is 3.39. The van der Waals surface area contributed by atoms with Crippen LogP contribution < -0.4 is 10.1 Å². The lowest BCUT2D eigenvalue weighted by Gasteiger charge is -2.09. The van der Waals surface area contributed by atoms with E-state index in [0.29, 0.717) is 5.75 Å². The van der Waals surface area contributed by atoms with Gasteiger partial charge in [-0.2, -0.15) is 0 Å². The van der Waals surface area contributed by atoms with Crippen LogP contribution in [-0.2, 0) is 4.79 Å². The van der Waals surface area contributed by atoms with Crippen molar-refractivity contribution in [2.45, 2.75) is 4.90 Å². The van der Waals surface area contributed by atoms with E-state index in [2.05, 4.69) is 26.2 Å². The molecule has 122 valence electrons. The standard InChI is InChI=1S/C18H15BrN2O2S/c1-23-15-8-7-13(10-14(15)19)21-17(22)11-24-16-6-2-4-12-5-3-9-20-18(12)16/h2-10H,11H2,1H3,(H,21,22). The normalized spacial score (nSPS) is 10.6. The maximum absolute atomic E-state index is 12.2. The van der Waals surface area contributed by atoms with Gasteiger partial charge in [0.2, 0.25) is 5.91 Å². The third-order valence-corrected chi connectivity index (χ3v) is 5.06. The van der Waals surface area contributed by atoms with Gasteiger partial charge in [0.1, 0.15) is 5.75 Å². The van der Waals surface area contributed by atoms with Gasteiger partial charge in [0, 0.05) is 22.2 Å². The first kappa shape index (κ1) is 16.8. The molecule has 0 aliphatic rings. The van der Waals surface area contributed by atoms with Gasteiger partial charge in [-0.1, -0.05) is 18.2 Å². The fourth-order valence-electron chi connectivity index (χ4n) is 2.28. The van der Waals surface area contributed by atoms with E-state index in [1.54, 1.807) is 13.3 Å². The van der Waals surface area contributed by atoms with Gasteiger partial charge in [0.05, 0.1) is 22.9 Å². The van der Waals surface area contributed by atoms with Crippen LogP contribution in [0.25, 0.3) is 10.9 Å². The number of hydrogen-bond acceptors (Lipinski definition) is 4. The third kappa shape index (κ3) is 3.88. The Bertz CT molecular complexity index is 881. The van der Waals surface area contributed by atoms with E-state index < -0.39 is 0 Å². The number of amides is 1. The minimum absolute atomic E-state index is 0.0648. The molecule has 0 radical (unpaired) electrons. The smallest absolute Gasteiger partial charge is 0.234 e. The van der Waals surface area contributed by atoms with Crippen molar-refractivity contribution in [3.8, 4) is 5.75 Å². The summed E-state index contributed by atoms with van der Waals surface area (Å²) in [6.07, 6.45) is 1.77. The molecule has 1 aromatic heterocycles. The fraction of sp³-hybridized carbons (Fsp3) is 0.111. The van der Waals surface area contributed by atoms with Crippen molar-refractivity contribution in [2.75, 3.05) is 18.2 Å². The molecule has 0 aliphatic carbocycles. The first-order chi connectivity index (χ1) is 11.7. The lowest BCUT2D eigenvalue weighted by molar-refractivity contribution is -0.113. The van der Waals surface area contributed by atoms with Crippen LogP contribution in [0.4, 0.5) is 5.69 Å². The van der Waals surface area contributed by atoms with Crippen molar-refractivity contribution in [3.05, 3.63) is 59.2 Å². The van der Waals surface area contributed by atoms with Gasteiger partial charge in [0.25, 0.3) is 0 Å². The van der Waals surface area contributed by atoms with Crippen LogP contribution in [0.1, 0.15) is 0 Å². The van der Waals surface area contributed by atoms with Crippen LogP contribution in [0.5, 0.6) is 5.75 Å². The summed E-state index contributed by atoms with van der Waals surface area (Å²) in [4.78, 5) is 17.6. The maximum atomic E-state index is 12.2. The van der Waals surface area contributed by atoms with Gasteiger partial charge in [-0.05, 0) is 46.3 Å². The molecule has 0 unspecified atom stereocenters. The highest BCUT2D eigenvalue weighted by Gasteiger charge is 2.08. The first-order valence-corrected chi connectivity index (χ1v) is 9.05. The van der Waals surface area contributed by atoms with E-state index in [1.165, 1.54) is 11.8 Å². The molecule has 3 aromatic rings. The Hall–Kier alpha value is -2.05. The predicted octanol–water partition coefficient (Wildman–Crippen LogP) is 4.74. The summed E-state index contributed by atoms with van der Waals surface area (Å²) < 4.78 is 5.98. The number of pyridine rings is 1. The zero-order chi connectivity index (χ0) is 16.9. The molecule has 0 spiro atoms. The molecule has 0 saturated carbocycles. The molecule has 1 heterocycles. The molecule has 6 heteroatoms. The largest absolute Gasteiger partial charge is 0.496 e. The van der Waals surface area contributed by atoms with E-state index in [0.717, 1.165) is 31.7 Å². The number of nitrogens with zero attached hydrogens (tertiary/aromatic N) is 1. The van der Waals surface area contributed by atoms with Gasteiger partial charge in [-0.25, -0.2) is 0 Å². The van der Waals surface area contributed by atoms with Gasteiger partial charge in [-0.3, -0.25) is 9.78 Å². The molecule has 0 atom stereocenters. The van der Waals surface area contributed by atoms with E-state index in [-0.39, 0.29) is 5.91 Å². The van der Waals surface area contributed by atoms with E-state index in [4.69, 9.17) is 4.74 Å². The average molecular weight is 403 g/mol. The highest BCUT2D eigenvalue weighted by Crippen LogP contribution is 2.29. The summed E-state index contributed by atoms with van der Waals surface area (Å²) in [5.74, 6) is 0.980. The second kappa shape index (κ2) is 7.68. The zero-order valence-corrected chi connectivity index (χ0v) is 15.4. The van der Waals surface area contributed by atoms with Crippen molar-refractivity contribution >= 4 is 50.2 Å². The lowest BCUT2D eigenvalue weighted by Crippen LogP contribution is -2.14. The van der Waals surface area contributed by atoms with Gasteiger partial charge in [-0.15, -0.1) is 11.8 Å². The summed E-state index contributed by atoms with van der Waals surface area (Å²) >= 11 is 4.89. The second-order valence-electron chi connectivity index (χ2n) is 5.02. The number of carbonyl (C=O) groups excluding carboxylic acids is 1. The fourth-order valence-corrected chi connectivity index (χ4v) is 3.66. The summed E-state index contributed by atoms with van der Waals surface area (Å²) in [6.45, 7) is 0. The predicted molar refractivity (Wildman–Crippen MR) is 102 cm³/mol. The lowest BCUT2D eigenvalue weighted by atomic mass is 10.2. The molecule has 3 rings (SSSR count). The quantitative estimate of drug-likeness (QED) is 0.626. The van der Waals surface area contributed by atoms with E-state index in [1.807, 2.05) is 48.5 Å². The highest BCUT2D eigenvalue weighted by atomic mass is 79.9. The van der Waals surface area contributed by atoms with Crippen LogP contribution in [0.2, 0.25) is 0 Å². The molecule has 24 heavy (non-hydrogen) atoms. The molecule has 0 bridgehead atoms. The van der Waals surface area contributed by atoms with Crippen molar-refractivity contribution in [1.29, 1.82) is 0 Å².